The van der Waals surface area contributed by atoms with Gasteiger partial charge in [0.1, 0.15) is 11.4 Å². The van der Waals surface area contributed by atoms with Crippen LogP contribution in [0.5, 0.6) is 0 Å². The van der Waals surface area contributed by atoms with E-state index in [4.69, 9.17) is 4.98 Å². The van der Waals surface area contributed by atoms with Crippen LogP contribution in [0.2, 0.25) is 0 Å². The molecule has 0 N–H and O–H groups in total. The predicted molar refractivity (Wildman–Crippen MR) is 92.0 cm³/mol. The van der Waals surface area contributed by atoms with Gasteiger partial charge in [-0.1, -0.05) is 65.4 Å². The lowest BCUT2D eigenvalue weighted by atomic mass is 10.0. The molecule has 0 saturated heterocycles. The van der Waals surface area contributed by atoms with Crippen LogP contribution in [-0.4, -0.2) is 21.4 Å². The average molecular weight is 307 g/mol. The molecule has 0 bridgehead atoms. The second kappa shape index (κ2) is 6.28. The van der Waals surface area contributed by atoms with Crippen molar-refractivity contribution in [1.29, 1.82) is 0 Å². The second-order valence-corrected chi connectivity index (χ2v) is 6.00. The second-order valence-electron chi connectivity index (χ2n) is 5.23. The molecule has 1 heterocycles. The average Bonchev–Trinajstić information content (AvgIpc) is 2.55. The molecule has 110 valence electrons. The predicted octanol–water partition coefficient (Wildman–Crippen LogP) is 4.54. The van der Waals surface area contributed by atoms with Crippen molar-refractivity contribution in [2.45, 2.75) is 19.0 Å². The van der Waals surface area contributed by atoms with Gasteiger partial charge in [0.05, 0.1) is 0 Å². The van der Waals surface area contributed by atoms with Gasteiger partial charge in [0.15, 0.2) is 0 Å². The minimum Gasteiger partial charge on any atom is -0.219 e. The molecule has 0 fully saturated rings. The lowest BCUT2D eigenvalue weighted by Gasteiger charge is -2.09. The number of hydrogen-bond acceptors (Lipinski definition) is 4. The van der Waals surface area contributed by atoms with Crippen LogP contribution in [-0.2, 0) is 0 Å². The van der Waals surface area contributed by atoms with Crippen molar-refractivity contribution < 1.29 is 0 Å². The number of nitrogens with zero attached hydrogens (tertiary/aromatic N) is 3. The molecule has 0 saturated carbocycles. The largest absolute Gasteiger partial charge is 0.219 e. The molecule has 2 aromatic carbocycles. The van der Waals surface area contributed by atoms with E-state index in [2.05, 4.69) is 66.5 Å². The third kappa shape index (κ3) is 3.02. The van der Waals surface area contributed by atoms with Gasteiger partial charge in [0.2, 0.25) is 5.16 Å². The maximum absolute atomic E-state index is 4.69. The Bertz CT molecular complexity index is 798. The zero-order chi connectivity index (χ0) is 15.5. The first-order valence-corrected chi connectivity index (χ1v) is 8.32. The fourth-order valence-electron chi connectivity index (χ4n) is 2.30. The molecule has 3 nitrogen and oxygen atoms in total. The zero-order valence-electron chi connectivity index (χ0n) is 12.9. The van der Waals surface area contributed by atoms with E-state index >= 15 is 0 Å². The van der Waals surface area contributed by atoms with Crippen LogP contribution in [0.1, 0.15) is 11.1 Å². The van der Waals surface area contributed by atoms with E-state index in [1.54, 1.807) is 0 Å². The summed E-state index contributed by atoms with van der Waals surface area (Å²) in [6.07, 6.45) is 1.96. The SMILES string of the molecule is CSc1nnc(-c2ccc(C)cc2)c(-c2cccc(C)c2)n1. The van der Waals surface area contributed by atoms with E-state index < -0.39 is 0 Å². The van der Waals surface area contributed by atoms with E-state index in [0.717, 1.165) is 22.5 Å². The Kier molecular flexibility index (Phi) is 4.20. The first kappa shape index (κ1) is 14.7. The van der Waals surface area contributed by atoms with Crippen LogP contribution >= 0.6 is 11.8 Å². The van der Waals surface area contributed by atoms with Gasteiger partial charge in [0, 0.05) is 11.1 Å². The minimum atomic E-state index is 0.687. The summed E-state index contributed by atoms with van der Waals surface area (Å²) in [4.78, 5) is 4.69. The first-order chi connectivity index (χ1) is 10.7. The summed E-state index contributed by atoms with van der Waals surface area (Å²) in [5.41, 5.74) is 6.24. The van der Waals surface area contributed by atoms with Crippen LogP contribution in [0.4, 0.5) is 0 Å². The number of benzene rings is 2. The molecule has 3 aromatic rings. The van der Waals surface area contributed by atoms with Gasteiger partial charge in [-0.25, -0.2) is 4.98 Å². The third-order valence-electron chi connectivity index (χ3n) is 3.47. The summed E-state index contributed by atoms with van der Waals surface area (Å²) in [6, 6.07) is 16.6. The highest BCUT2D eigenvalue weighted by molar-refractivity contribution is 7.98. The van der Waals surface area contributed by atoms with Crippen molar-refractivity contribution >= 4 is 11.8 Å². The molecule has 3 rings (SSSR count). The maximum atomic E-state index is 4.69. The highest BCUT2D eigenvalue weighted by Crippen LogP contribution is 2.30. The Hall–Kier alpha value is -2.20. The third-order valence-corrected chi connectivity index (χ3v) is 4.00. The van der Waals surface area contributed by atoms with Crippen LogP contribution < -0.4 is 0 Å². The summed E-state index contributed by atoms with van der Waals surface area (Å²) in [7, 11) is 0. The van der Waals surface area contributed by atoms with E-state index in [1.165, 1.54) is 22.9 Å². The Morgan fingerprint density at radius 1 is 0.773 bits per heavy atom. The van der Waals surface area contributed by atoms with Crippen LogP contribution in [0.25, 0.3) is 22.5 Å². The molecule has 0 atom stereocenters. The van der Waals surface area contributed by atoms with Gasteiger partial charge in [-0.15, -0.1) is 10.2 Å². The van der Waals surface area contributed by atoms with E-state index in [0.29, 0.717) is 5.16 Å². The highest BCUT2D eigenvalue weighted by Gasteiger charge is 2.13. The van der Waals surface area contributed by atoms with Crippen LogP contribution in [0.3, 0.4) is 0 Å². The van der Waals surface area contributed by atoms with Gasteiger partial charge in [-0.2, -0.15) is 0 Å². The smallest absolute Gasteiger partial charge is 0.209 e. The van der Waals surface area contributed by atoms with Crippen molar-refractivity contribution in [3.8, 4) is 22.5 Å². The number of aromatic nitrogens is 3. The van der Waals surface area contributed by atoms with E-state index in [-0.39, 0.29) is 0 Å². The van der Waals surface area contributed by atoms with E-state index in [1.807, 2.05) is 12.3 Å². The normalized spacial score (nSPS) is 10.7. The molecule has 0 amide bonds. The van der Waals surface area contributed by atoms with E-state index in [9.17, 15) is 0 Å². The number of thioether (sulfide) groups is 1. The summed E-state index contributed by atoms with van der Waals surface area (Å²) in [6.45, 7) is 4.16. The Labute approximate surface area is 134 Å². The quantitative estimate of drug-likeness (QED) is 0.666. The molecular formula is C18H17N3S. The maximum Gasteiger partial charge on any atom is 0.209 e. The van der Waals surface area contributed by atoms with Gasteiger partial charge in [0.25, 0.3) is 0 Å². The Balaban J connectivity index is 2.19. The fourth-order valence-corrected chi connectivity index (χ4v) is 2.60. The topological polar surface area (TPSA) is 38.7 Å². The molecule has 22 heavy (non-hydrogen) atoms. The van der Waals surface area contributed by atoms with Crippen LogP contribution in [0.15, 0.2) is 53.7 Å². The standard InChI is InChI=1S/C18H17N3S/c1-12-7-9-14(10-8-12)17-16(19-18(22-3)21-20-17)15-6-4-5-13(2)11-15/h4-11H,1-3H3. The lowest BCUT2D eigenvalue weighted by Crippen LogP contribution is -1.99. The lowest BCUT2D eigenvalue weighted by molar-refractivity contribution is 0.852. The number of rotatable bonds is 3. The molecular weight excluding hydrogens is 290 g/mol. The molecule has 4 heteroatoms. The monoisotopic (exact) mass is 307 g/mol. The molecule has 0 aliphatic carbocycles. The van der Waals surface area contributed by atoms with Crippen molar-refractivity contribution in [2.24, 2.45) is 0 Å². The highest BCUT2D eigenvalue weighted by atomic mass is 32.2. The van der Waals surface area contributed by atoms with Gasteiger partial charge >= 0.3 is 0 Å². The summed E-state index contributed by atoms with van der Waals surface area (Å²) in [5.74, 6) is 0. The van der Waals surface area contributed by atoms with Gasteiger partial charge in [-0.3, -0.25) is 0 Å². The molecule has 1 aromatic heterocycles. The molecule has 0 aliphatic heterocycles. The van der Waals surface area contributed by atoms with Crippen molar-refractivity contribution in [3.05, 3.63) is 59.7 Å². The van der Waals surface area contributed by atoms with Crippen molar-refractivity contribution in [1.82, 2.24) is 15.2 Å². The molecule has 0 unspecified atom stereocenters. The molecule has 0 radical (unpaired) electrons. The minimum absolute atomic E-state index is 0.687. The van der Waals surface area contributed by atoms with Crippen molar-refractivity contribution in [3.63, 3.8) is 0 Å². The Morgan fingerprint density at radius 2 is 1.55 bits per heavy atom. The zero-order valence-corrected chi connectivity index (χ0v) is 13.7. The fraction of sp³-hybridized carbons (Fsp3) is 0.167. The molecule has 0 aliphatic rings. The number of aryl methyl sites for hydroxylation is 2. The van der Waals surface area contributed by atoms with Crippen LogP contribution in [0, 0.1) is 13.8 Å². The summed E-state index contributed by atoms with van der Waals surface area (Å²) < 4.78 is 0. The van der Waals surface area contributed by atoms with Gasteiger partial charge < -0.3 is 0 Å². The summed E-state index contributed by atoms with van der Waals surface area (Å²) in [5, 5.41) is 9.32. The van der Waals surface area contributed by atoms with Crippen molar-refractivity contribution in [2.75, 3.05) is 6.26 Å². The van der Waals surface area contributed by atoms with Gasteiger partial charge in [-0.05, 0) is 26.2 Å². The summed E-state index contributed by atoms with van der Waals surface area (Å²) >= 11 is 1.50. The molecule has 0 spiro atoms. The first-order valence-electron chi connectivity index (χ1n) is 7.10. The Morgan fingerprint density at radius 3 is 2.23 bits per heavy atom. The number of hydrogen-bond donors (Lipinski definition) is 0.